The van der Waals surface area contributed by atoms with E-state index in [0.29, 0.717) is 24.3 Å². The van der Waals surface area contributed by atoms with E-state index in [9.17, 15) is 18.8 Å². The lowest BCUT2D eigenvalue weighted by molar-refractivity contribution is -0.139. The molecule has 3 amide bonds. The number of aliphatic imine (C=N–C) groups is 1. The molecular weight excluding hydrogens is 577 g/mol. The molecule has 0 aliphatic carbocycles. The molecule has 0 spiro atoms. The van der Waals surface area contributed by atoms with Crippen molar-refractivity contribution in [3.8, 4) is 0 Å². The molecule has 13 heteroatoms. The molecule has 0 radical (unpaired) electrons. The molecule has 3 heterocycles. The van der Waals surface area contributed by atoms with Crippen molar-refractivity contribution in [3.63, 3.8) is 0 Å². The first-order valence-corrected chi connectivity index (χ1v) is 13.9. The molecule has 43 heavy (non-hydrogen) atoms. The van der Waals surface area contributed by atoms with Crippen LogP contribution in [-0.4, -0.2) is 63.4 Å². The number of benzene rings is 2. The Kier molecular flexibility index (Phi) is 9.40. The van der Waals surface area contributed by atoms with Gasteiger partial charge in [-0.15, -0.1) is 0 Å². The molecule has 0 unspecified atom stereocenters. The summed E-state index contributed by atoms with van der Waals surface area (Å²) in [5.74, 6) is -0.288. The molecule has 222 valence electrons. The van der Waals surface area contributed by atoms with Gasteiger partial charge in [0.05, 0.1) is 30.4 Å². The number of amides is 3. The van der Waals surface area contributed by atoms with Crippen molar-refractivity contribution < 1.29 is 23.6 Å². The molecule has 2 aliphatic heterocycles. The molecule has 2 aromatic carbocycles. The summed E-state index contributed by atoms with van der Waals surface area (Å²) in [6.07, 6.45) is 9.13. The second kappa shape index (κ2) is 13.6. The highest BCUT2D eigenvalue weighted by molar-refractivity contribution is 6.31. The number of nitrogens with one attached hydrogen (secondary N) is 1. The second-order valence-corrected chi connectivity index (χ2v) is 10.2. The summed E-state index contributed by atoms with van der Waals surface area (Å²) in [6.45, 7) is 1.84. The number of hydrazine groups is 1. The average molecular weight is 606 g/mol. The summed E-state index contributed by atoms with van der Waals surface area (Å²) < 4.78 is 14.0. The second-order valence-electron chi connectivity index (χ2n) is 9.80. The van der Waals surface area contributed by atoms with Crippen LogP contribution in [0.25, 0.3) is 10.8 Å². The quantitative estimate of drug-likeness (QED) is 0.244. The van der Waals surface area contributed by atoms with Gasteiger partial charge in [-0.25, -0.2) is 19.8 Å². The molecule has 1 atom stereocenters. The number of halogens is 2. The van der Waals surface area contributed by atoms with Crippen LogP contribution in [-0.2, 0) is 25.8 Å². The molecule has 0 bridgehead atoms. The number of anilines is 1. The number of carbonyl (C=O) groups is 3. The van der Waals surface area contributed by atoms with Crippen molar-refractivity contribution in [2.24, 2.45) is 4.99 Å². The number of hydrogen-bond donors (Lipinski definition) is 1. The maximum atomic E-state index is 14.0. The Morgan fingerprint density at radius 1 is 1.19 bits per heavy atom. The number of rotatable bonds is 12. The van der Waals surface area contributed by atoms with E-state index in [1.54, 1.807) is 43.1 Å². The third-order valence-electron chi connectivity index (χ3n) is 6.96. The van der Waals surface area contributed by atoms with E-state index in [2.05, 4.69) is 15.4 Å². The molecular formula is C30H29ClFN7O4. The lowest BCUT2D eigenvalue weighted by Crippen LogP contribution is -2.51. The van der Waals surface area contributed by atoms with Crippen LogP contribution in [0.3, 0.4) is 0 Å². The van der Waals surface area contributed by atoms with E-state index >= 15 is 0 Å². The van der Waals surface area contributed by atoms with Gasteiger partial charge in [-0.2, -0.15) is 5.06 Å². The van der Waals surface area contributed by atoms with Crippen LogP contribution in [0.15, 0.2) is 84.1 Å². The Bertz CT molecular complexity index is 1610. The van der Waals surface area contributed by atoms with E-state index in [1.807, 2.05) is 29.2 Å². The summed E-state index contributed by atoms with van der Waals surface area (Å²) in [5, 5.41) is 3.97. The maximum Gasteiger partial charge on any atom is 0.239 e. The molecule has 0 fully saturated rings. The van der Waals surface area contributed by atoms with Gasteiger partial charge in [-0.3, -0.25) is 29.1 Å². The minimum atomic E-state index is -0.723. The maximum absolute atomic E-state index is 14.0. The number of pyridine rings is 1. The zero-order chi connectivity index (χ0) is 30.3. The largest absolute Gasteiger partial charge is 0.325 e. The van der Waals surface area contributed by atoms with Crippen molar-refractivity contribution in [3.05, 3.63) is 95.6 Å². The normalized spacial score (nSPS) is 14.4. The highest BCUT2D eigenvalue weighted by Gasteiger charge is 2.27. The molecule has 0 saturated carbocycles. The van der Waals surface area contributed by atoms with Crippen molar-refractivity contribution in [2.45, 2.75) is 32.4 Å². The minimum absolute atomic E-state index is 0.0268. The van der Waals surface area contributed by atoms with Crippen molar-refractivity contribution in [1.29, 1.82) is 0 Å². The number of carbonyl (C=O) groups excluding carboxylic acids is 3. The Balaban J connectivity index is 1.33. The van der Waals surface area contributed by atoms with Crippen molar-refractivity contribution in [2.75, 3.05) is 18.2 Å². The van der Waals surface area contributed by atoms with Crippen LogP contribution in [0.5, 0.6) is 0 Å². The van der Waals surface area contributed by atoms with Gasteiger partial charge in [0.15, 0.2) is 5.82 Å². The van der Waals surface area contributed by atoms with Crippen molar-refractivity contribution in [1.82, 2.24) is 25.2 Å². The topological polar surface area (TPSA) is 111 Å². The molecule has 2 aliphatic rings. The van der Waals surface area contributed by atoms with Gasteiger partial charge < -0.3 is 4.90 Å². The Labute approximate surface area is 252 Å². The summed E-state index contributed by atoms with van der Waals surface area (Å²) in [5.41, 5.74) is 3.43. The first-order chi connectivity index (χ1) is 20.8. The number of nitrogens with zero attached hydrogens (tertiary/aromatic N) is 6. The zero-order valence-electron chi connectivity index (χ0n) is 23.3. The minimum Gasteiger partial charge on any atom is -0.325 e. The average Bonchev–Trinajstić information content (AvgIpc) is 3.49. The SMILES string of the molecule is CC(=O)N(NCc1cccc(F)c1Cl)[C@@H](CCC(=O)N1C=CN2CC=NC2=C1)CON(C=O)c1cc2ccccc2cn1. The highest BCUT2D eigenvalue weighted by atomic mass is 35.5. The van der Waals surface area contributed by atoms with Crippen molar-refractivity contribution >= 4 is 52.6 Å². The standard InChI is InChI=1S/C30H29ClFN7O4/c1-21(41)39(35-17-24-7-4-8-26(32)30(24)31)25(9-10-29(42)37-14-13-36-12-11-33-28(36)18-37)19-43-38(20-40)27-15-22-5-2-3-6-23(22)16-34-27/h2-8,11,13-16,18,20,25,35H,9-10,12,17,19H2,1H3/t25-/m0/s1. The molecule has 3 aromatic rings. The molecule has 1 N–H and O–H groups in total. The van der Waals surface area contributed by atoms with Gasteiger partial charge >= 0.3 is 0 Å². The molecule has 0 saturated heterocycles. The fourth-order valence-corrected chi connectivity index (χ4v) is 4.87. The monoisotopic (exact) mass is 605 g/mol. The fourth-order valence-electron chi connectivity index (χ4n) is 4.68. The van der Waals surface area contributed by atoms with E-state index < -0.39 is 11.9 Å². The summed E-state index contributed by atoms with van der Waals surface area (Å²) in [4.78, 5) is 55.8. The van der Waals surface area contributed by atoms with Gasteiger partial charge in [0.25, 0.3) is 0 Å². The highest BCUT2D eigenvalue weighted by Crippen LogP contribution is 2.23. The Hall–Kier alpha value is -4.65. The Morgan fingerprint density at radius 2 is 2.00 bits per heavy atom. The van der Waals surface area contributed by atoms with Crippen LogP contribution in [0.4, 0.5) is 10.2 Å². The first-order valence-electron chi connectivity index (χ1n) is 13.5. The number of aromatic nitrogens is 1. The predicted octanol–water partition coefficient (Wildman–Crippen LogP) is 4.12. The van der Waals surface area contributed by atoms with Crippen LogP contribution in [0.1, 0.15) is 25.3 Å². The first kappa shape index (κ1) is 29.8. The third-order valence-corrected chi connectivity index (χ3v) is 7.38. The fraction of sp³-hybridized carbons (Fsp3) is 0.233. The summed E-state index contributed by atoms with van der Waals surface area (Å²) in [6, 6.07) is 12.9. The predicted molar refractivity (Wildman–Crippen MR) is 159 cm³/mol. The zero-order valence-corrected chi connectivity index (χ0v) is 24.0. The van der Waals surface area contributed by atoms with E-state index in [1.165, 1.54) is 29.0 Å². The summed E-state index contributed by atoms with van der Waals surface area (Å²) >= 11 is 6.12. The van der Waals surface area contributed by atoms with Crippen LogP contribution < -0.4 is 10.5 Å². The smallest absolute Gasteiger partial charge is 0.239 e. The van der Waals surface area contributed by atoms with E-state index in [4.69, 9.17) is 16.4 Å². The van der Waals surface area contributed by atoms with Gasteiger partial charge in [-0.05, 0) is 29.5 Å². The number of hydroxylamine groups is 1. The molecule has 11 nitrogen and oxygen atoms in total. The van der Waals surface area contributed by atoms with Gasteiger partial charge in [0.1, 0.15) is 11.6 Å². The third kappa shape index (κ3) is 7.05. The van der Waals surface area contributed by atoms with Gasteiger partial charge in [0.2, 0.25) is 18.2 Å². The lowest BCUT2D eigenvalue weighted by Gasteiger charge is -2.32. The van der Waals surface area contributed by atoms with Crippen LogP contribution in [0.2, 0.25) is 5.02 Å². The number of hydrogen-bond acceptors (Lipinski definition) is 8. The van der Waals surface area contributed by atoms with Gasteiger partial charge in [-0.1, -0.05) is 48.0 Å². The molecule has 5 rings (SSSR count). The van der Waals surface area contributed by atoms with Gasteiger partial charge in [0, 0.05) is 50.1 Å². The van der Waals surface area contributed by atoms with Crippen LogP contribution >= 0.6 is 11.6 Å². The van der Waals surface area contributed by atoms with Crippen LogP contribution in [0, 0.1) is 5.82 Å². The number of fused-ring (bicyclic) bond motifs is 2. The summed E-state index contributed by atoms with van der Waals surface area (Å²) in [7, 11) is 0. The Morgan fingerprint density at radius 3 is 2.79 bits per heavy atom. The van der Waals surface area contributed by atoms with E-state index in [0.717, 1.165) is 15.8 Å². The molecule has 1 aromatic heterocycles. The lowest BCUT2D eigenvalue weighted by atomic mass is 10.1. The van der Waals surface area contributed by atoms with E-state index in [-0.39, 0.29) is 48.6 Å².